The second-order valence-electron chi connectivity index (χ2n) is 5.11. The molecule has 0 aliphatic rings. The summed E-state index contributed by atoms with van der Waals surface area (Å²) in [5.74, 6) is 5.70. The van der Waals surface area contributed by atoms with Crippen LogP contribution in [0.1, 0.15) is 34.3 Å². The predicted octanol–water partition coefficient (Wildman–Crippen LogP) is 2.14. The number of hydrogen-bond acceptors (Lipinski definition) is 4. The third kappa shape index (κ3) is 2.85. The van der Waals surface area contributed by atoms with Crippen molar-refractivity contribution < 1.29 is 0 Å². The van der Waals surface area contributed by atoms with Crippen molar-refractivity contribution in [2.45, 2.75) is 33.2 Å². The van der Waals surface area contributed by atoms with Gasteiger partial charge in [0.1, 0.15) is 0 Å². The molecule has 0 bridgehead atoms. The van der Waals surface area contributed by atoms with Gasteiger partial charge in [0.15, 0.2) is 0 Å². The fraction of sp³-hybridized carbons (Fsp3) is 0.429. The van der Waals surface area contributed by atoms with Crippen LogP contribution in [0.2, 0.25) is 5.02 Å². The molecule has 0 aliphatic carbocycles. The number of aromatic nitrogens is 3. The summed E-state index contributed by atoms with van der Waals surface area (Å²) in [4.78, 5) is 4.50. The van der Waals surface area contributed by atoms with Crippen LogP contribution in [0.4, 0.5) is 0 Å². The lowest BCUT2D eigenvalue weighted by Crippen LogP contribution is -2.31. The van der Waals surface area contributed by atoms with Gasteiger partial charge in [-0.25, -0.2) is 0 Å². The highest BCUT2D eigenvalue weighted by molar-refractivity contribution is 6.31. The summed E-state index contributed by atoms with van der Waals surface area (Å²) in [6.07, 6.45) is 2.49. The Bertz CT molecular complexity index is 620. The molecule has 0 spiro atoms. The molecule has 5 nitrogen and oxygen atoms in total. The number of aryl methyl sites for hydroxylation is 4. The number of nitrogens with two attached hydrogens (primary N) is 1. The van der Waals surface area contributed by atoms with Gasteiger partial charge in [0, 0.05) is 19.7 Å². The van der Waals surface area contributed by atoms with Gasteiger partial charge >= 0.3 is 0 Å². The Kier molecular flexibility index (Phi) is 4.42. The maximum absolute atomic E-state index is 6.30. The van der Waals surface area contributed by atoms with Crippen LogP contribution in [0.15, 0.2) is 12.3 Å². The molecule has 2 rings (SSSR count). The Morgan fingerprint density at radius 3 is 2.60 bits per heavy atom. The van der Waals surface area contributed by atoms with Crippen molar-refractivity contribution in [3.63, 3.8) is 0 Å². The van der Waals surface area contributed by atoms with Gasteiger partial charge in [-0.05, 0) is 31.9 Å². The molecule has 20 heavy (non-hydrogen) atoms. The molecule has 0 radical (unpaired) electrons. The van der Waals surface area contributed by atoms with Crippen molar-refractivity contribution >= 4 is 11.6 Å². The van der Waals surface area contributed by atoms with Gasteiger partial charge < -0.3 is 0 Å². The SMILES string of the molecule is Cc1cnc(C(Cc2c(Cl)c(C)nn2C)NN)c(C)c1. The van der Waals surface area contributed by atoms with E-state index in [-0.39, 0.29) is 6.04 Å². The summed E-state index contributed by atoms with van der Waals surface area (Å²) in [6.45, 7) is 5.96. The van der Waals surface area contributed by atoms with Crippen LogP contribution in [0, 0.1) is 20.8 Å². The molecule has 2 aromatic rings. The summed E-state index contributed by atoms with van der Waals surface area (Å²) in [7, 11) is 1.89. The van der Waals surface area contributed by atoms with Crippen molar-refractivity contribution in [1.82, 2.24) is 20.2 Å². The monoisotopic (exact) mass is 293 g/mol. The lowest BCUT2D eigenvalue weighted by Gasteiger charge is -2.18. The van der Waals surface area contributed by atoms with Gasteiger partial charge in [-0.15, -0.1) is 0 Å². The summed E-state index contributed by atoms with van der Waals surface area (Å²) in [6, 6.07) is 2.01. The average molecular weight is 294 g/mol. The normalized spacial score (nSPS) is 12.7. The first-order chi connectivity index (χ1) is 9.43. The Labute approximate surface area is 124 Å². The van der Waals surface area contributed by atoms with E-state index in [1.54, 1.807) is 4.68 Å². The standard InChI is InChI=1S/C14H20ClN5/c1-8-5-9(2)14(17-7-8)11(18-16)6-12-13(15)10(3)19-20(12)4/h5,7,11,18H,6,16H2,1-4H3. The van der Waals surface area contributed by atoms with Crippen LogP contribution in [0.3, 0.4) is 0 Å². The topological polar surface area (TPSA) is 68.8 Å². The van der Waals surface area contributed by atoms with E-state index in [0.717, 1.165) is 28.2 Å². The van der Waals surface area contributed by atoms with Gasteiger partial charge in [-0.3, -0.25) is 20.9 Å². The first kappa shape index (κ1) is 15.0. The molecule has 0 aliphatic heterocycles. The molecule has 1 unspecified atom stereocenters. The van der Waals surface area contributed by atoms with Gasteiger partial charge in [0.25, 0.3) is 0 Å². The van der Waals surface area contributed by atoms with E-state index in [0.29, 0.717) is 11.4 Å². The molecule has 108 valence electrons. The van der Waals surface area contributed by atoms with Gasteiger partial charge in [0.2, 0.25) is 0 Å². The van der Waals surface area contributed by atoms with Crippen molar-refractivity contribution in [1.29, 1.82) is 0 Å². The minimum Gasteiger partial charge on any atom is -0.271 e. The molecule has 0 fully saturated rings. The van der Waals surface area contributed by atoms with Gasteiger partial charge in [-0.2, -0.15) is 5.10 Å². The molecule has 0 amide bonds. The van der Waals surface area contributed by atoms with Crippen LogP contribution in [0.5, 0.6) is 0 Å². The molecule has 0 saturated carbocycles. The van der Waals surface area contributed by atoms with Crippen molar-refractivity contribution in [2.75, 3.05) is 0 Å². The molecule has 3 N–H and O–H groups in total. The molecular weight excluding hydrogens is 274 g/mol. The lowest BCUT2D eigenvalue weighted by atomic mass is 10.0. The third-order valence-corrected chi connectivity index (χ3v) is 3.94. The summed E-state index contributed by atoms with van der Waals surface area (Å²) >= 11 is 6.30. The smallest absolute Gasteiger partial charge is 0.0847 e. The van der Waals surface area contributed by atoms with E-state index in [1.165, 1.54) is 0 Å². The Balaban J connectivity index is 2.33. The third-order valence-electron chi connectivity index (χ3n) is 3.45. The summed E-state index contributed by atoms with van der Waals surface area (Å²) in [5, 5.41) is 5.02. The average Bonchev–Trinajstić information content (AvgIpc) is 2.62. The molecule has 0 saturated heterocycles. The largest absolute Gasteiger partial charge is 0.271 e. The van der Waals surface area contributed by atoms with Crippen molar-refractivity contribution in [3.8, 4) is 0 Å². The number of nitrogens with one attached hydrogen (secondary N) is 1. The lowest BCUT2D eigenvalue weighted by molar-refractivity contribution is 0.516. The van der Waals surface area contributed by atoms with Crippen LogP contribution >= 0.6 is 11.6 Å². The van der Waals surface area contributed by atoms with Crippen LogP contribution < -0.4 is 11.3 Å². The first-order valence-electron chi connectivity index (χ1n) is 6.51. The van der Waals surface area contributed by atoms with Gasteiger partial charge in [0.05, 0.1) is 28.1 Å². The number of nitrogens with zero attached hydrogens (tertiary/aromatic N) is 3. The van der Waals surface area contributed by atoms with Crippen LogP contribution in [-0.4, -0.2) is 14.8 Å². The van der Waals surface area contributed by atoms with Crippen LogP contribution in [0.25, 0.3) is 0 Å². The van der Waals surface area contributed by atoms with Crippen molar-refractivity contribution in [2.24, 2.45) is 12.9 Å². The fourth-order valence-electron chi connectivity index (χ4n) is 2.42. The number of hydrazine groups is 1. The number of hydrogen-bond donors (Lipinski definition) is 2. The highest BCUT2D eigenvalue weighted by Gasteiger charge is 2.20. The maximum atomic E-state index is 6.30. The van der Waals surface area contributed by atoms with Crippen LogP contribution in [-0.2, 0) is 13.5 Å². The minimum atomic E-state index is -0.0945. The second kappa shape index (κ2) is 5.91. The summed E-state index contributed by atoms with van der Waals surface area (Å²) in [5.41, 5.74) is 7.80. The predicted molar refractivity (Wildman–Crippen MR) is 80.4 cm³/mol. The molecule has 1 atom stereocenters. The molecule has 2 aromatic heterocycles. The molecular formula is C14H20ClN5. The molecule has 0 aromatic carbocycles. The number of halogens is 1. The summed E-state index contributed by atoms with van der Waals surface area (Å²) < 4.78 is 1.80. The minimum absolute atomic E-state index is 0.0945. The first-order valence-corrected chi connectivity index (χ1v) is 6.89. The Hall–Kier alpha value is -1.43. The molecule has 6 heteroatoms. The number of pyridine rings is 1. The van der Waals surface area contributed by atoms with E-state index in [2.05, 4.69) is 21.6 Å². The highest BCUT2D eigenvalue weighted by Crippen LogP contribution is 2.26. The fourth-order valence-corrected chi connectivity index (χ4v) is 2.66. The quantitative estimate of drug-likeness (QED) is 0.669. The van der Waals surface area contributed by atoms with E-state index >= 15 is 0 Å². The van der Waals surface area contributed by atoms with E-state index in [4.69, 9.17) is 17.4 Å². The van der Waals surface area contributed by atoms with Gasteiger partial charge in [-0.1, -0.05) is 17.7 Å². The number of rotatable bonds is 4. The Morgan fingerprint density at radius 2 is 2.10 bits per heavy atom. The van der Waals surface area contributed by atoms with Crippen molar-refractivity contribution in [3.05, 3.63) is 45.5 Å². The highest BCUT2D eigenvalue weighted by atomic mass is 35.5. The zero-order valence-electron chi connectivity index (χ0n) is 12.2. The zero-order valence-corrected chi connectivity index (χ0v) is 13.0. The van der Waals surface area contributed by atoms with E-state index in [9.17, 15) is 0 Å². The maximum Gasteiger partial charge on any atom is 0.0847 e. The molecule has 2 heterocycles. The zero-order chi connectivity index (χ0) is 14.9. The van der Waals surface area contributed by atoms with E-state index < -0.39 is 0 Å². The van der Waals surface area contributed by atoms with E-state index in [1.807, 2.05) is 34.0 Å². The Morgan fingerprint density at radius 1 is 1.40 bits per heavy atom. The second-order valence-corrected chi connectivity index (χ2v) is 5.49.